The van der Waals surface area contributed by atoms with Crippen LogP contribution >= 0.6 is 11.8 Å². The van der Waals surface area contributed by atoms with Crippen molar-refractivity contribution in [3.05, 3.63) is 0 Å². The number of thioether (sulfide) groups is 1. The SMILES string of the molecule is CC(C)C1OCCCC1CNC1CCSC1. The van der Waals surface area contributed by atoms with Crippen LogP contribution in [-0.4, -0.2) is 36.8 Å². The van der Waals surface area contributed by atoms with Crippen LogP contribution in [0.1, 0.15) is 33.1 Å². The standard InChI is InChI=1S/C13H25NOS/c1-10(2)13-11(4-3-6-15-13)8-14-12-5-7-16-9-12/h10-14H,3-9H2,1-2H3. The van der Waals surface area contributed by atoms with E-state index in [2.05, 4.69) is 30.9 Å². The summed E-state index contributed by atoms with van der Waals surface area (Å²) >= 11 is 2.08. The second-order valence-corrected chi connectivity index (χ2v) is 6.60. The Balaban J connectivity index is 1.76. The molecule has 2 saturated heterocycles. The predicted octanol–water partition coefficient (Wildman–Crippen LogP) is 2.53. The Morgan fingerprint density at radius 3 is 2.94 bits per heavy atom. The molecule has 2 aliphatic rings. The Morgan fingerprint density at radius 2 is 2.25 bits per heavy atom. The predicted molar refractivity (Wildman–Crippen MR) is 71.0 cm³/mol. The highest BCUT2D eigenvalue weighted by Crippen LogP contribution is 2.26. The highest BCUT2D eigenvalue weighted by molar-refractivity contribution is 7.99. The molecule has 0 bridgehead atoms. The van der Waals surface area contributed by atoms with Crippen LogP contribution in [0.15, 0.2) is 0 Å². The van der Waals surface area contributed by atoms with Crippen LogP contribution < -0.4 is 5.32 Å². The molecule has 1 N–H and O–H groups in total. The molecule has 0 aromatic heterocycles. The van der Waals surface area contributed by atoms with Crippen LogP contribution in [0.25, 0.3) is 0 Å². The van der Waals surface area contributed by atoms with Crippen molar-refractivity contribution in [1.82, 2.24) is 5.32 Å². The van der Waals surface area contributed by atoms with Crippen LogP contribution in [0.2, 0.25) is 0 Å². The minimum absolute atomic E-state index is 0.482. The molecule has 0 aromatic rings. The van der Waals surface area contributed by atoms with E-state index in [1.807, 2.05) is 0 Å². The maximum Gasteiger partial charge on any atom is 0.0638 e. The van der Waals surface area contributed by atoms with Gasteiger partial charge in [0.15, 0.2) is 0 Å². The second kappa shape index (κ2) is 6.27. The van der Waals surface area contributed by atoms with E-state index in [0.717, 1.165) is 25.1 Å². The van der Waals surface area contributed by atoms with Gasteiger partial charge in [-0.1, -0.05) is 13.8 Å². The van der Waals surface area contributed by atoms with E-state index in [-0.39, 0.29) is 0 Å². The van der Waals surface area contributed by atoms with Gasteiger partial charge in [-0.05, 0) is 36.9 Å². The first-order valence-corrected chi connectivity index (χ1v) is 7.85. The second-order valence-electron chi connectivity index (χ2n) is 5.45. The first-order valence-electron chi connectivity index (χ1n) is 6.70. The van der Waals surface area contributed by atoms with Crippen molar-refractivity contribution in [2.45, 2.75) is 45.3 Å². The van der Waals surface area contributed by atoms with Crippen molar-refractivity contribution >= 4 is 11.8 Å². The fourth-order valence-electron chi connectivity index (χ4n) is 2.83. The minimum atomic E-state index is 0.482. The number of ether oxygens (including phenoxy) is 1. The van der Waals surface area contributed by atoms with Gasteiger partial charge >= 0.3 is 0 Å². The van der Waals surface area contributed by atoms with Crippen molar-refractivity contribution in [3.63, 3.8) is 0 Å². The van der Waals surface area contributed by atoms with Crippen molar-refractivity contribution in [2.24, 2.45) is 11.8 Å². The van der Waals surface area contributed by atoms with Gasteiger partial charge in [0.25, 0.3) is 0 Å². The minimum Gasteiger partial charge on any atom is -0.378 e. The van der Waals surface area contributed by atoms with Crippen LogP contribution in [0, 0.1) is 11.8 Å². The van der Waals surface area contributed by atoms with Gasteiger partial charge in [0.1, 0.15) is 0 Å². The molecule has 0 saturated carbocycles. The molecule has 0 spiro atoms. The maximum atomic E-state index is 5.92. The summed E-state index contributed by atoms with van der Waals surface area (Å²) in [7, 11) is 0. The molecule has 2 aliphatic heterocycles. The van der Waals surface area contributed by atoms with Crippen molar-refractivity contribution in [2.75, 3.05) is 24.7 Å². The van der Waals surface area contributed by atoms with E-state index >= 15 is 0 Å². The lowest BCUT2D eigenvalue weighted by molar-refractivity contribution is -0.0520. The summed E-state index contributed by atoms with van der Waals surface area (Å²) in [5.41, 5.74) is 0. The zero-order valence-corrected chi connectivity index (χ0v) is 11.4. The fourth-order valence-corrected chi connectivity index (χ4v) is 4.02. The molecule has 2 fully saturated rings. The average Bonchev–Trinajstić information content (AvgIpc) is 2.79. The van der Waals surface area contributed by atoms with E-state index in [9.17, 15) is 0 Å². The van der Waals surface area contributed by atoms with Gasteiger partial charge in [-0.3, -0.25) is 0 Å². The lowest BCUT2D eigenvalue weighted by Crippen LogP contribution is -2.42. The molecule has 0 amide bonds. The van der Waals surface area contributed by atoms with Crippen molar-refractivity contribution in [3.8, 4) is 0 Å². The Hall–Kier alpha value is 0.270. The van der Waals surface area contributed by atoms with Gasteiger partial charge in [0, 0.05) is 24.9 Å². The van der Waals surface area contributed by atoms with E-state index in [1.165, 1.54) is 30.8 Å². The van der Waals surface area contributed by atoms with E-state index in [4.69, 9.17) is 4.74 Å². The summed E-state index contributed by atoms with van der Waals surface area (Å²) < 4.78 is 5.92. The zero-order chi connectivity index (χ0) is 11.4. The molecule has 0 aliphatic carbocycles. The third-order valence-corrected chi connectivity index (χ3v) is 4.91. The number of nitrogens with one attached hydrogen (secondary N) is 1. The largest absolute Gasteiger partial charge is 0.378 e. The number of rotatable bonds is 4. The fraction of sp³-hybridized carbons (Fsp3) is 1.00. The zero-order valence-electron chi connectivity index (χ0n) is 10.6. The van der Waals surface area contributed by atoms with Crippen molar-refractivity contribution < 1.29 is 4.74 Å². The number of hydrogen-bond acceptors (Lipinski definition) is 3. The third-order valence-electron chi connectivity index (χ3n) is 3.75. The normalized spacial score (nSPS) is 35.8. The van der Waals surface area contributed by atoms with Gasteiger partial charge in [0.2, 0.25) is 0 Å². The Labute approximate surface area is 104 Å². The molecule has 94 valence electrons. The van der Waals surface area contributed by atoms with Gasteiger partial charge in [-0.2, -0.15) is 11.8 Å². The molecule has 2 heterocycles. The molecule has 0 radical (unpaired) electrons. The molecule has 16 heavy (non-hydrogen) atoms. The van der Waals surface area contributed by atoms with Crippen molar-refractivity contribution in [1.29, 1.82) is 0 Å². The summed E-state index contributed by atoms with van der Waals surface area (Å²) in [4.78, 5) is 0. The summed E-state index contributed by atoms with van der Waals surface area (Å²) in [6.45, 7) is 6.70. The average molecular weight is 243 g/mol. The van der Waals surface area contributed by atoms with Crippen LogP contribution in [-0.2, 0) is 4.74 Å². The van der Waals surface area contributed by atoms with Gasteiger partial charge in [-0.15, -0.1) is 0 Å². The molecular formula is C13H25NOS. The Bertz CT molecular complexity index is 204. The third kappa shape index (κ3) is 3.38. The van der Waals surface area contributed by atoms with E-state index in [0.29, 0.717) is 12.0 Å². The highest BCUT2D eigenvalue weighted by Gasteiger charge is 2.29. The maximum absolute atomic E-state index is 5.92. The first kappa shape index (κ1) is 12.7. The van der Waals surface area contributed by atoms with Gasteiger partial charge in [0.05, 0.1) is 6.10 Å². The van der Waals surface area contributed by atoms with Crippen LogP contribution in [0.5, 0.6) is 0 Å². The summed E-state index contributed by atoms with van der Waals surface area (Å²) in [6, 6.07) is 0.764. The summed E-state index contributed by atoms with van der Waals surface area (Å²) in [5, 5.41) is 3.74. The molecule has 0 aromatic carbocycles. The number of hydrogen-bond donors (Lipinski definition) is 1. The van der Waals surface area contributed by atoms with Gasteiger partial charge < -0.3 is 10.1 Å². The highest BCUT2D eigenvalue weighted by atomic mass is 32.2. The Morgan fingerprint density at radius 1 is 1.38 bits per heavy atom. The lowest BCUT2D eigenvalue weighted by atomic mass is 9.87. The summed E-state index contributed by atoms with van der Waals surface area (Å²) in [5.74, 6) is 4.04. The van der Waals surface area contributed by atoms with E-state index < -0.39 is 0 Å². The molecule has 3 unspecified atom stereocenters. The molecule has 3 heteroatoms. The quantitative estimate of drug-likeness (QED) is 0.820. The topological polar surface area (TPSA) is 21.3 Å². The summed E-state index contributed by atoms with van der Waals surface area (Å²) in [6.07, 6.45) is 4.42. The van der Waals surface area contributed by atoms with Crippen LogP contribution in [0.3, 0.4) is 0 Å². The molecular weight excluding hydrogens is 218 g/mol. The Kier molecular flexibility index (Phi) is 4.98. The molecule has 2 rings (SSSR count). The van der Waals surface area contributed by atoms with Gasteiger partial charge in [-0.25, -0.2) is 0 Å². The van der Waals surface area contributed by atoms with Crippen LogP contribution in [0.4, 0.5) is 0 Å². The smallest absolute Gasteiger partial charge is 0.0638 e. The first-order chi connectivity index (χ1) is 7.77. The molecule has 2 nitrogen and oxygen atoms in total. The monoisotopic (exact) mass is 243 g/mol. The lowest BCUT2D eigenvalue weighted by Gasteiger charge is -2.35. The molecule has 3 atom stereocenters. The van der Waals surface area contributed by atoms with E-state index in [1.54, 1.807) is 0 Å².